The fraction of sp³-hybridized carbons (Fsp3) is 0.455. The van der Waals surface area contributed by atoms with Gasteiger partial charge in [-0.2, -0.15) is 5.26 Å². The third kappa shape index (κ3) is 2.87. The molecular weight excluding hydrogens is 160 g/mol. The molecule has 0 spiro atoms. The van der Waals surface area contributed by atoms with Crippen LogP contribution in [0.15, 0.2) is 18.3 Å². The van der Waals surface area contributed by atoms with E-state index in [1.165, 1.54) is 12.8 Å². The maximum Gasteiger partial charge on any atom is 0.143 e. The first kappa shape index (κ1) is 9.73. The number of hydrogen-bond acceptors (Lipinski definition) is 2. The smallest absolute Gasteiger partial charge is 0.143 e. The summed E-state index contributed by atoms with van der Waals surface area (Å²) in [6.45, 7) is 2.18. The second kappa shape index (κ2) is 5.31. The molecule has 0 aliphatic heterocycles. The summed E-state index contributed by atoms with van der Waals surface area (Å²) in [7, 11) is 0. The first-order valence-electron chi connectivity index (χ1n) is 4.72. The molecule has 0 aliphatic carbocycles. The topological polar surface area (TPSA) is 36.7 Å². The number of aromatic nitrogens is 1. The first-order valence-corrected chi connectivity index (χ1v) is 4.72. The highest BCUT2D eigenvalue weighted by molar-refractivity contribution is 5.30. The Morgan fingerprint density at radius 2 is 2.31 bits per heavy atom. The van der Waals surface area contributed by atoms with Gasteiger partial charge in [-0.15, -0.1) is 0 Å². The van der Waals surface area contributed by atoms with Crippen molar-refractivity contribution < 1.29 is 0 Å². The summed E-state index contributed by atoms with van der Waals surface area (Å²) < 4.78 is 0. The molecule has 0 aliphatic rings. The van der Waals surface area contributed by atoms with E-state index in [1.807, 2.05) is 12.1 Å². The predicted octanol–water partition coefficient (Wildman–Crippen LogP) is 2.69. The van der Waals surface area contributed by atoms with Crippen molar-refractivity contribution in [3.8, 4) is 6.07 Å². The first-order chi connectivity index (χ1) is 6.38. The van der Waals surface area contributed by atoms with E-state index in [0.29, 0.717) is 5.69 Å². The van der Waals surface area contributed by atoms with Crippen molar-refractivity contribution in [1.29, 1.82) is 5.26 Å². The maximum atomic E-state index is 8.76. The quantitative estimate of drug-likeness (QED) is 0.658. The van der Waals surface area contributed by atoms with Crippen LogP contribution >= 0.6 is 0 Å². The van der Waals surface area contributed by atoms with Gasteiger partial charge in [0.25, 0.3) is 0 Å². The monoisotopic (exact) mass is 174 g/mol. The zero-order valence-electron chi connectivity index (χ0n) is 7.95. The third-order valence-electron chi connectivity index (χ3n) is 2.05. The van der Waals surface area contributed by atoms with Crippen LogP contribution in [0.25, 0.3) is 0 Å². The van der Waals surface area contributed by atoms with Crippen molar-refractivity contribution >= 4 is 0 Å². The number of rotatable bonds is 4. The maximum absolute atomic E-state index is 8.76. The molecule has 68 valence electrons. The van der Waals surface area contributed by atoms with Crippen molar-refractivity contribution in [2.24, 2.45) is 0 Å². The lowest BCUT2D eigenvalue weighted by molar-refractivity contribution is 0.715. The number of aryl methyl sites for hydroxylation is 1. The Balaban J connectivity index is 2.60. The standard InChI is InChI=1S/C11H14N2/c1-2-3-4-6-10-7-5-8-13-11(10)9-12/h5,7-8H,2-4,6H2,1H3. The van der Waals surface area contributed by atoms with Crippen LogP contribution in [0.4, 0.5) is 0 Å². The highest BCUT2D eigenvalue weighted by atomic mass is 14.7. The highest BCUT2D eigenvalue weighted by Gasteiger charge is 2.00. The van der Waals surface area contributed by atoms with Gasteiger partial charge in [0.05, 0.1) is 0 Å². The van der Waals surface area contributed by atoms with Crippen LogP contribution in [0.2, 0.25) is 0 Å². The van der Waals surface area contributed by atoms with Gasteiger partial charge in [0.15, 0.2) is 0 Å². The minimum absolute atomic E-state index is 0.582. The second-order valence-corrected chi connectivity index (χ2v) is 3.08. The Kier molecular flexibility index (Phi) is 3.98. The van der Waals surface area contributed by atoms with Gasteiger partial charge < -0.3 is 0 Å². The molecule has 0 saturated heterocycles. The van der Waals surface area contributed by atoms with Crippen LogP contribution in [-0.4, -0.2) is 4.98 Å². The molecule has 2 nitrogen and oxygen atoms in total. The van der Waals surface area contributed by atoms with Gasteiger partial charge in [0.1, 0.15) is 11.8 Å². The van der Waals surface area contributed by atoms with Crippen molar-refractivity contribution in [3.05, 3.63) is 29.6 Å². The van der Waals surface area contributed by atoms with Crippen molar-refractivity contribution in [3.63, 3.8) is 0 Å². The Morgan fingerprint density at radius 3 is 3.00 bits per heavy atom. The minimum atomic E-state index is 0.582. The molecule has 1 heterocycles. The SMILES string of the molecule is CCCCCc1cccnc1C#N. The summed E-state index contributed by atoms with van der Waals surface area (Å²) in [6, 6.07) is 5.99. The Morgan fingerprint density at radius 1 is 1.46 bits per heavy atom. The normalized spacial score (nSPS) is 9.54. The van der Waals surface area contributed by atoms with Crippen LogP contribution in [0.1, 0.15) is 37.4 Å². The molecule has 0 bridgehead atoms. The van der Waals surface area contributed by atoms with Crippen molar-refractivity contribution in [2.75, 3.05) is 0 Å². The van der Waals surface area contributed by atoms with Crippen molar-refractivity contribution in [2.45, 2.75) is 32.6 Å². The molecule has 2 heteroatoms. The Hall–Kier alpha value is -1.36. The van der Waals surface area contributed by atoms with Gasteiger partial charge in [-0.1, -0.05) is 25.8 Å². The third-order valence-corrected chi connectivity index (χ3v) is 2.05. The van der Waals surface area contributed by atoms with E-state index in [1.54, 1.807) is 6.20 Å². The summed E-state index contributed by atoms with van der Waals surface area (Å²) in [6.07, 6.45) is 6.23. The average molecular weight is 174 g/mol. The molecule has 0 fully saturated rings. The zero-order valence-corrected chi connectivity index (χ0v) is 7.95. The lowest BCUT2D eigenvalue weighted by atomic mass is 10.1. The number of nitrogens with zero attached hydrogens (tertiary/aromatic N) is 2. The van der Waals surface area contributed by atoms with E-state index >= 15 is 0 Å². The van der Waals surface area contributed by atoms with Crippen LogP contribution in [0.5, 0.6) is 0 Å². The molecule has 0 amide bonds. The fourth-order valence-corrected chi connectivity index (χ4v) is 1.31. The predicted molar refractivity (Wildman–Crippen MR) is 52.2 cm³/mol. The molecule has 1 rings (SSSR count). The average Bonchev–Trinajstić information content (AvgIpc) is 2.19. The summed E-state index contributed by atoms with van der Waals surface area (Å²) in [4.78, 5) is 4.01. The Bertz CT molecular complexity index is 299. The molecule has 0 radical (unpaired) electrons. The molecule has 1 aromatic rings. The van der Waals surface area contributed by atoms with E-state index in [4.69, 9.17) is 5.26 Å². The fourth-order valence-electron chi connectivity index (χ4n) is 1.31. The van der Waals surface area contributed by atoms with Crippen molar-refractivity contribution in [1.82, 2.24) is 4.98 Å². The van der Waals surface area contributed by atoms with E-state index in [0.717, 1.165) is 18.4 Å². The van der Waals surface area contributed by atoms with Gasteiger partial charge >= 0.3 is 0 Å². The van der Waals surface area contributed by atoms with Gasteiger partial charge in [0, 0.05) is 6.20 Å². The molecule has 0 aromatic carbocycles. The molecule has 1 aromatic heterocycles. The Labute approximate surface area is 79.2 Å². The molecular formula is C11H14N2. The van der Waals surface area contributed by atoms with Gasteiger partial charge in [-0.3, -0.25) is 0 Å². The van der Waals surface area contributed by atoms with Crippen LogP contribution in [0, 0.1) is 11.3 Å². The molecule has 0 saturated carbocycles. The lowest BCUT2D eigenvalue weighted by Gasteiger charge is -2.00. The zero-order chi connectivity index (χ0) is 9.52. The summed E-state index contributed by atoms with van der Waals surface area (Å²) >= 11 is 0. The number of pyridine rings is 1. The largest absolute Gasteiger partial charge is 0.245 e. The van der Waals surface area contributed by atoms with Gasteiger partial charge in [0.2, 0.25) is 0 Å². The van der Waals surface area contributed by atoms with E-state index in [-0.39, 0.29) is 0 Å². The van der Waals surface area contributed by atoms with E-state index < -0.39 is 0 Å². The van der Waals surface area contributed by atoms with Gasteiger partial charge in [-0.25, -0.2) is 4.98 Å². The van der Waals surface area contributed by atoms with E-state index in [9.17, 15) is 0 Å². The van der Waals surface area contributed by atoms with E-state index in [2.05, 4.69) is 18.0 Å². The minimum Gasteiger partial charge on any atom is -0.245 e. The molecule has 0 unspecified atom stereocenters. The summed E-state index contributed by atoms with van der Waals surface area (Å²) in [5.74, 6) is 0. The summed E-state index contributed by atoms with van der Waals surface area (Å²) in [5, 5.41) is 8.76. The molecule has 13 heavy (non-hydrogen) atoms. The molecule has 0 atom stereocenters. The van der Waals surface area contributed by atoms with Crippen LogP contribution in [-0.2, 0) is 6.42 Å². The summed E-state index contributed by atoms with van der Waals surface area (Å²) in [5.41, 5.74) is 1.66. The second-order valence-electron chi connectivity index (χ2n) is 3.08. The van der Waals surface area contributed by atoms with Crippen LogP contribution in [0.3, 0.4) is 0 Å². The van der Waals surface area contributed by atoms with Crippen LogP contribution < -0.4 is 0 Å². The lowest BCUT2D eigenvalue weighted by Crippen LogP contribution is -1.92. The van der Waals surface area contributed by atoms with Gasteiger partial charge in [-0.05, 0) is 24.5 Å². The number of hydrogen-bond donors (Lipinski definition) is 0. The molecule has 0 N–H and O–H groups in total. The number of nitriles is 1. The number of unbranched alkanes of at least 4 members (excludes halogenated alkanes) is 2. The highest BCUT2D eigenvalue weighted by Crippen LogP contribution is 2.09.